The van der Waals surface area contributed by atoms with Gasteiger partial charge in [-0.25, -0.2) is 9.50 Å². The second-order valence-corrected chi connectivity index (χ2v) is 4.13. The third-order valence-electron chi connectivity index (χ3n) is 2.61. The molecule has 3 rings (SSSR count). The normalized spacial score (nSPS) is 11.2. The molecule has 0 unspecified atom stereocenters. The topological polar surface area (TPSA) is 68.2 Å². The molecule has 0 aliphatic heterocycles. The summed E-state index contributed by atoms with van der Waals surface area (Å²) in [4.78, 5) is 4.34. The van der Waals surface area contributed by atoms with Gasteiger partial charge in [-0.3, -0.25) is 0 Å². The van der Waals surface area contributed by atoms with E-state index in [1.165, 1.54) is 0 Å². The molecule has 0 bridgehead atoms. The molecule has 6 nitrogen and oxygen atoms in total. The van der Waals surface area contributed by atoms with Crippen LogP contribution in [0.2, 0.25) is 0 Å². The predicted octanol–water partition coefficient (Wildman–Crippen LogP) is 1.32. The Bertz CT molecular complexity index is 644. The molecule has 6 heteroatoms. The van der Waals surface area contributed by atoms with Crippen LogP contribution >= 0.6 is 0 Å². The van der Waals surface area contributed by atoms with Gasteiger partial charge in [0, 0.05) is 36.6 Å². The van der Waals surface area contributed by atoms with Gasteiger partial charge in [-0.2, -0.15) is 5.10 Å². The molecule has 0 fully saturated rings. The van der Waals surface area contributed by atoms with Gasteiger partial charge in [0.05, 0.1) is 18.4 Å². The van der Waals surface area contributed by atoms with Crippen LogP contribution in [-0.2, 0) is 13.1 Å². The maximum absolute atomic E-state index is 5.00. The molecule has 1 N–H and O–H groups in total. The first-order valence-electron chi connectivity index (χ1n) is 5.72. The number of aromatic nitrogens is 4. The SMILES string of the molecule is Cc1cc2ncc(CNCc3ccno3)cn2n1. The Labute approximate surface area is 104 Å². The van der Waals surface area contributed by atoms with Crippen LogP contribution in [0.1, 0.15) is 17.0 Å². The standard InChI is InChI=1S/C12H13N5O/c1-9-4-12-14-6-10(8-17(12)16-9)5-13-7-11-2-3-15-18-11/h2-4,6,8,13H,5,7H2,1H3. The number of fused-ring (bicyclic) bond motifs is 1. The molecule has 3 heterocycles. The summed E-state index contributed by atoms with van der Waals surface area (Å²) >= 11 is 0. The molecule has 0 spiro atoms. The second-order valence-electron chi connectivity index (χ2n) is 4.13. The van der Waals surface area contributed by atoms with Gasteiger partial charge >= 0.3 is 0 Å². The molecule has 0 atom stereocenters. The van der Waals surface area contributed by atoms with E-state index in [4.69, 9.17) is 4.52 Å². The zero-order chi connectivity index (χ0) is 12.4. The van der Waals surface area contributed by atoms with E-state index in [0.717, 1.165) is 22.7 Å². The van der Waals surface area contributed by atoms with Crippen LogP contribution in [0.4, 0.5) is 0 Å². The third kappa shape index (κ3) is 2.23. The van der Waals surface area contributed by atoms with Crippen molar-refractivity contribution in [3.63, 3.8) is 0 Å². The van der Waals surface area contributed by atoms with Gasteiger partial charge in [0.2, 0.25) is 0 Å². The van der Waals surface area contributed by atoms with Crippen molar-refractivity contribution in [1.82, 2.24) is 25.1 Å². The van der Waals surface area contributed by atoms with Crippen molar-refractivity contribution in [2.45, 2.75) is 20.0 Å². The minimum atomic E-state index is 0.649. The summed E-state index contributed by atoms with van der Waals surface area (Å²) in [5.41, 5.74) is 2.91. The Morgan fingerprint density at radius 3 is 3.17 bits per heavy atom. The molecule has 0 aliphatic rings. The van der Waals surface area contributed by atoms with Gasteiger partial charge < -0.3 is 9.84 Å². The van der Waals surface area contributed by atoms with Crippen molar-refractivity contribution in [2.24, 2.45) is 0 Å². The molecule has 0 saturated carbocycles. The van der Waals surface area contributed by atoms with Gasteiger partial charge in [0.1, 0.15) is 5.76 Å². The highest BCUT2D eigenvalue weighted by molar-refractivity contribution is 5.38. The monoisotopic (exact) mass is 243 g/mol. The molecule has 0 aliphatic carbocycles. The molecule has 3 aromatic heterocycles. The highest BCUT2D eigenvalue weighted by Gasteiger charge is 2.01. The summed E-state index contributed by atoms with van der Waals surface area (Å²) in [6.07, 6.45) is 5.46. The smallest absolute Gasteiger partial charge is 0.155 e. The molecule has 18 heavy (non-hydrogen) atoms. The summed E-state index contributed by atoms with van der Waals surface area (Å²) in [6, 6.07) is 3.79. The fourth-order valence-electron chi connectivity index (χ4n) is 1.79. The van der Waals surface area contributed by atoms with E-state index in [1.807, 2.05) is 31.5 Å². The molecular formula is C12H13N5O. The highest BCUT2D eigenvalue weighted by Crippen LogP contribution is 2.05. The van der Waals surface area contributed by atoms with E-state index < -0.39 is 0 Å². The Kier molecular flexibility index (Phi) is 2.77. The van der Waals surface area contributed by atoms with Crippen molar-refractivity contribution in [2.75, 3.05) is 0 Å². The molecule has 0 radical (unpaired) electrons. The maximum atomic E-state index is 5.00. The van der Waals surface area contributed by atoms with E-state index >= 15 is 0 Å². The average molecular weight is 243 g/mol. The van der Waals surface area contributed by atoms with Gasteiger partial charge in [0.15, 0.2) is 5.65 Å². The quantitative estimate of drug-likeness (QED) is 0.748. The van der Waals surface area contributed by atoms with Crippen LogP contribution in [0.3, 0.4) is 0 Å². The minimum Gasteiger partial charge on any atom is -0.360 e. The first kappa shape index (κ1) is 10.9. The summed E-state index contributed by atoms with van der Waals surface area (Å²) in [7, 11) is 0. The zero-order valence-corrected chi connectivity index (χ0v) is 10.00. The Morgan fingerprint density at radius 1 is 1.39 bits per heavy atom. The van der Waals surface area contributed by atoms with Crippen LogP contribution in [0, 0.1) is 6.92 Å². The van der Waals surface area contributed by atoms with Gasteiger partial charge in [-0.05, 0) is 6.92 Å². The lowest BCUT2D eigenvalue weighted by Crippen LogP contribution is -2.13. The van der Waals surface area contributed by atoms with Crippen LogP contribution < -0.4 is 5.32 Å². The highest BCUT2D eigenvalue weighted by atomic mass is 16.5. The van der Waals surface area contributed by atoms with Crippen LogP contribution in [-0.4, -0.2) is 19.8 Å². The van der Waals surface area contributed by atoms with Gasteiger partial charge in [-0.1, -0.05) is 5.16 Å². The first-order valence-corrected chi connectivity index (χ1v) is 5.72. The fourth-order valence-corrected chi connectivity index (χ4v) is 1.79. The fraction of sp³-hybridized carbons (Fsp3) is 0.250. The van der Waals surface area contributed by atoms with Crippen molar-refractivity contribution in [3.05, 3.63) is 47.7 Å². The van der Waals surface area contributed by atoms with E-state index in [-0.39, 0.29) is 0 Å². The van der Waals surface area contributed by atoms with Crippen LogP contribution in [0.15, 0.2) is 35.2 Å². The number of nitrogens with zero attached hydrogens (tertiary/aromatic N) is 4. The molecule has 0 aromatic carbocycles. The van der Waals surface area contributed by atoms with Crippen molar-refractivity contribution in [1.29, 1.82) is 0 Å². The van der Waals surface area contributed by atoms with Crippen molar-refractivity contribution < 1.29 is 4.52 Å². The van der Waals surface area contributed by atoms with Crippen LogP contribution in [0.5, 0.6) is 0 Å². The lowest BCUT2D eigenvalue weighted by atomic mass is 10.3. The summed E-state index contributed by atoms with van der Waals surface area (Å²) < 4.78 is 6.79. The minimum absolute atomic E-state index is 0.649. The Hall–Kier alpha value is -2.21. The Morgan fingerprint density at radius 2 is 2.33 bits per heavy atom. The number of hydrogen-bond acceptors (Lipinski definition) is 5. The molecular weight excluding hydrogens is 230 g/mol. The van der Waals surface area contributed by atoms with Gasteiger partial charge in [-0.15, -0.1) is 0 Å². The predicted molar refractivity (Wildman–Crippen MR) is 64.8 cm³/mol. The maximum Gasteiger partial charge on any atom is 0.155 e. The largest absolute Gasteiger partial charge is 0.360 e. The third-order valence-corrected chi connectivity index (χ3v) is 2.61. The number of rotatable bonds is 4. The van der Waals surface area contributed by atoms with E-state index in [9.17, 15) is 0 Å². The van der Waals surface area contributed by atoms with Crippen molar-refractivity contribution >= 4 is 5.65 Å². The molecule has 0 amide bonds. The summed E-state index contributed by atoms with van der Waals surface area (Å²) in [5, 5.41) is 11.2. The van der Waals surface area contributed by atoms with E-state index in [1.54, 1.807) is 10.7 Å². The lowest BCUT2D eigenvalue weighted by molar-refractivity contribution is 0.372. The molecule has 3 aromatic rings. The average Bonchev–Trinajstić information content (AvgIpc) is 2.96. The van der Waals surface area contributed by atoms with Crippen LogP contribution in [0.25, 0.3) is 5.65 Å². The lowest BCUT2D eigenvalue weighted by Gasteiger charge is -2.02. The zero-order valence-electron chi connectivity index (χ0n) is 10.00. The number of aryl methyl sites for hydroxylation is 1. The summed E-state index contributed by atoms with van der Waals surface area (Å²) in [5.74, 6) is 0.818. The molecule has 92 valence electrons. The number of nitrogens with one attached hydrogen (secondary N) is 1. The molecule has 0 saturated heterocycles. The first-order chi connectivity index (χ1) is 8.81. The van der Waals surface area contributed by atoms with E-state index in [0.29, 0.717) is 13.1 Å². The van der Waals surface area contributed by atoms with E-state index in [2.05, 4.69) is 20.6 Å². The number of hydrogen-bond donors (Lipinski definition) is 1. The Balaban J connectivity index is 1.67. The van der Waals surface area contributed by atoms with Crippen molar-refractivity contribution in [3.8, 4) is 0 Å². The second kappa shape index (κ2) is 4.58. The van der Waals surface area contributed by atoms with Gasteiger partial charge in [0.25, 0.3) is 0 Å². The summed E-state index contributed by atoms with van der Waals surface area (Å²) in [6.45, 7) is 3.31.